The van der Waals surface area contributed by atoms with Crippen LogP contribution < -0.4 is 9.80 Å². The second-order valence-electron chi connectivity index (χ2n) is 9.09. The number of rotatable bonds is 5. The Bertz CT molecular complexity index is 1530. The standard InChI is InChI=1S/C30H25N3O3S2/c1-18-8-10-22(15-20(18)3)32-28(34)25(17-24-12-13-27(36-24)38-26-7-5-6-14-31-26)29(35)33(30(32)37)23-11-9-19(2)21(4)16-23/h5-17H,1-4H3. The summed E-state index contributed by atoms with van der Waals surface area (Å²) in [6.45, 7) is 7.96. The number of carbonyl (C=O) groups is 2. The largest absolute Gasteiger partial charge is 0.450 e. The van der Waals surface area contributed by atoms with Crippen molar-refractivity contribution in [2.75, 3.05) is 9.80 Å². The monoisotopic (exact) mass is 539 g/mol. The average Bonchev–Trinajstić information content (AvgIpc) is 3.33. The van der Waals surface area contributed by atoms with E-state index in [0.717, 1.165) is 27.3 Å². The molecule has 8 heteroatoms. The minimum Gasteiger partial charge on any atom is -0.450 e. The van der Waals surface area contributed by atoms with E-state index < -0.39 is 11.8 Å². The Labute approximate surface area is 231 Å². The lowest BCUT2D eigenvalue weighted by Gasteiger charge is -2.36. The van der Waals surface area contributed by atoms with E-state index in [2.05, 4.69) is 4.98 Å². The van der Waals surface area contributed by atoms with Crippen LogP contribution in [0.25, 0.3) is 6.08 Å². The number of benzene rings is 2. The van der Waals surface area contributed by atoms with Crippen molar-refractivity contribution >= 4 is 58.4 Å². The maximum absolute atomic E-state index is 13.8. The quantitative estimate of drug-likeness (QED) is 0.158. The summed E-state index contributed by atoms with van der Waals surface area (Å²) in [5.74, 6) is -0.620. The molecule has 38 heavy (non-hydrogen) atoms. The molecule has 1 saturated heterocycles. The first-order valence-corrected chi connectivity index (χ1v) is 13.2. The highest BCUT2D eigenvalue weighted by Gasteiger charge is 2.41. The molecule has 190 valence electrons. The van der Waals surface area contributed by atoms with Gasteiger partial charge in [0.1, 0.15) is 16.4 Å². The fourth-order valence-electron chi connectivity index (χ4n) is 4.03. The van der Waals surface area contributed by atoms with Crippen LogP contribution in [0, 0.1) is 27.7 Å². The van der Waals surface area contributed by atoms with Crippen LogP contribution in [0.3, 0.4) is 0 Å². The van der Waals surface area contributed by atoms with Crippen LogP contribution in [0.4, 0.5) is 11.4 Å². The van der Waals surface area contributed by atoms with Gasteiger partial charge < -0.3 is 4.42 Å². The summed E-state index contributed by atoms with van der Waals surface area (Å²) >= 11 is 7.12. The molecule has 0 radical (unpaired) electrons. The molecule has 1 aliphatic heterocycles. The third kappa shape index (κ3) is 4.92. The SMILES string of the molecule is Cc1ccc(N2C(=O)C(=Cc3ccc(Sc4ccccn4)o3)C(=O)N(c3ccc(C)c(C)c3)C2=S)cc1C. The highest BCUT2D eigenvalue weighted by Crippen LogP contribution is 2.33. The average molecular weight is 540 g/mol. The van der Waals surface area contributed by atoms with Crippen molar-refractivity contribution in [3.63, 3.8) is 0 Å². The molecule has 0 unspecified atom stereocenters. The Hall–Kier alpha value is -4.01. The van der Waals surface area contributed by atoms with Gasteiger partial charge in [-0.2, -0.15) is 0 Å². The maximum Gasteiger partial charge on any atom is 0.270 e. The van der Waals surface area contributed by atoms with E-state index in [-0.39, 0.29) is 10.7 Å². The van der Waals surface area contributed by atoms with Crippen molar-refractivity contribution in [2.24, 2.45) is 0 Å². The van der Waals surface area contributed by atoms with Gasteiger partial charge in [-0.3, -0.25) is 19.4 Å². The van der Waals surface area contributed by atoms with E-state index >= 15 is 0 Å². The molecule has 1 fully saturated rings. The van der Waals surface area contributed by atoms with E-state index in [0.29, 0.717) is 22.2 Å². The molecule has 0 N–H and O–H groups in total. The van der Waals surface area contributed by atoms with E-state index in [1.807, 2.05) is 82.3 Å². The number of carbonyl (C=O) groups excluding carboxylic acids is 2. The highest BCUT2D eigenvalue weighted by molar-refractivity contribution is 7.99. The first-order chi connectivity index (χ1) is 18.2. The van der Waals surface area contributed by atoms with E-state index in [1.54, 1.807) is 18.3 Å². The van der Waals surface area contributed by atoms with Gasteiger partial charge in [-0.25, -0.2) is 4.98 Å². The van der Waals surface area contributed by atoms with E-state index in [4.69, 9.17) is 16.6 Å². The van der Waals surface area contributed by atoms with Gasteiger partial charge in [0, 0.05) is 6.20 Å². The third-order valence-electron chi connectivity index (χ3n) is 6.48. The number of thiocarbonyl (C=S) groups is 1. The molecule has 5 rings (SSSR count). The summed E-state index contributed by atoms with van der Waals surface area (Å²) in [5.41, 5.74) is 5.37. The number of aryl methyl sites for hydroxylation is 4. The number of pyridine rings is 1. The van der Waals surface area contributed by atoms with Crippen LogP contribution >= 0.6 is 24.0 Å². The Morgan fingerprint density at radius 2 is 1.39 bits per heavy atom. The van der Waals surface area contributed by atoms with Crippen LogP contribution in [0.15, 0.2) is 93.0 Å². The molecule has 4 aromatic rings. The van der Waals surface area contributed by atoms with Crippen molar-refractivity contribution in [3.05, 3.63) is 107 Å². The van der Waals surface area contributed by atoms with Gasteiger partial charge in [0.25, 0.3) is 11.8 Å². The normalized spacial score (nSPS) is 13.9. The molecule has 0 saturated carbocycles. The van der Waals surface area contributed by atoms with Crippen molar-refractivity contribution in [1.82, 2.24) is 4.98 Å². The fraction of sp³-hybridized carbons (Fsp3) is 0.133. The summed E-state index contributed by atoms with van der Waals surface area (Å²) in [4.78, 5) is 34.7. The highest BCUT2D eigenvalue weighted by atomic mass is 32.2. The summed E-state index contributed by atoms with van der Waals surface area (Å²) in [6.07, 6.45) is 3.19. The van der Waals surface area contributed by atoms with Crippen molar-refractivity contribution in [3.8, 4) is 0 Å². The zero-order chi connectivity index (χ0) is 27.0. The molecular weight excluding hydrogens is 514 g/mol. The van der Waals surface area contributed by atoms with Gasteiger partial charge in [-0.15, -0.1) is 0 Å². The van der Waals surface area contributed by atoms with Gasteiger partial charge in [-0.05, 0) is 129 Å². The number of amides is 2. The van der Waals surface area contributed by atoms with E-state index in [9.17, 15) is 9.59 Å². The number of nitrogens with zero attached hydrogens (tertiary/aromatic N) is 3. The van der Waals surface area contributed by atoms with Gasteiger partial charge >= 0.3 is 0 Å². The van der Waals surface area contributed by atoms with Crippen LogP contribution in [0.1, 0.15) is 28.0 Å². The lowest BCUT2D eigenvalue weighted by atomic mass is 10.0. The zero-order valence-electron chi connectivity index (χ0n) is 21.4. The number of hydrogen-bond acceptors (Lipinski definition) is 6. The smallest absolute Gasteiger partial charge is 0.270 e. The lowest BCUT2D eigenvalue weighted by molar-refractivity contribution is -0.120. The van der Waals surface area contributed by atoms with Gasteiger partial charge in [0.15, 0.2) is 10.2 Å². The second-order valence-corrected chi connectivity index (χ2v) is 10.5. The number of hydrogen-bond donors (Lipinski definition) is 0. The molecule has 0 bridgehead atoms. The molecule has 0 spiro atoms. The fourth-order valence-corrected chi connectivity index (χ4v) is 5.15. The van der Waals surface area contributed by atoms with E-state index in [1.165, 1.54) is 27.6 Å². The molecule has 2 aromatic heterocycles. The summed E-state index contributed by atoms with van der Waals surface area (Å²) < 4.78 is 5.94. The van der Waals surface area contributed by atoms with Gasteiger partial charge in [-0.1, -0.05) is 18.2 Å². The molecule has 6 nitrogen and oxygen atoms in total. The maximum atomic E-state index is 13.8. The zero-order valence-corrected chi connectivity index (χ0v) is 23.0. The predicted octanol–water partition coefficient (Wildman–Crippen LogP) is 6.81. The van der Waals surface area contributed by atoms with Crippen molar-refractivity contribution in [2.45, 2.75) is 37.8 Å². The van der Waals surface area contributed by atoms with Crippen molar-refractivity contribution < 1.29 is 14.0 Å². The van der Waals surface area contributed by atoms with Crippen LogP contribution in [-0.4, -0.2) is 21.9 Å². The first-order valence-electron chi connectivity index (χ1n) is 12.0. The van der Waals surface area contributed by atoms with Gasteiger partial charge in [0.05, 0.1) is 11.4 Å². The lowest BCUT2D eigenvalue weighted by Crippen LogP contribution is -2.57. The summed E-state index contributed by atoms with van der Waals surface area (Å²) in [6, 6.07) is 20.5. The molecule has 0 aliphatic carbocycles. The van der Waals surface area contributed by atoms with Crippen LogP contribution in [0.5, 0.6) is 0 Å². The van der Waals surface area contributed by atoms with Crippen molar-refractivity contribution in [1.29, 1.82) is 0 Å². The number of anilines is 2. The molecule has 2 amide bonds. The molecule has 3 heterocycles. The number of aromatic nitrogens is 1. The topological polar surface area (TPSA) is 66.7 Å². The van der Waals surface area contributed by atoms with Gasteiger partial charge in [0.2, 0.25) is 0 Å². The summed E-state index contributed by atoms with van der Waals surface area (Å²) in [7, 11) is 0. The molecular formula is C30H25N3O3S2. The second kappa shape index (κ2) is 10.4. The third-order valence-corrected chi connectivity index (χ3v) is 7.71. The minimum atomic E-state index is -0.501. The Morgan fingerprint density at radius 1 is 0.789 bits per heavy atom. The summed E-state index contributed by atoms with van der Waals surface area (Å²) in [5, 5.41) is 1.48. The molecule has 0 atom stereocenters. The molecule has 2 aromatic carbocycles. The Kier molecular flexibility index (Phi) is 7.01. The first kappa shape index (κ1) is 25.6. The molecule has 1 aliphatic rings. The number of furan rings is 1. The van der Waals surface area contributed by atoms with Crippen LogP contribution in [0.2, 0.25) is 0 Å². The Morgan fingerprint density at radius 3 is 1.92 bits per heavy atom. The van der Waals surface area contributed by atoms with Crippen LogP contribution in [-0.2, 0) is 9.59 Å². The Balaban J connectivity index is 1.58. The predicted molar refractivity (Wildman–Crippen MR) is 154 cm³/mol. The minimum absolute atomic E-state index is 0.0428.